The van der Waals surface area contributed by atoms with Crippen LogP contribution < -0.4 is 5.32 Å². The van der Waals surface area contributed by atoms with E-state index >= 15 is 0 Å². The number of thioether (sulfide) groups is 1. The summed E-state index contributed by atoms with van der Waals surface area (Å²) in [7, 11) is 1.89. The van der Waals surface area contributed by atoms with Crippen LogP contribution in [0.25, 0.3) is 0 Å². The third-order valence-electron chi connectivity index (χ3n) is 3.93. The van der Waals surface area contributed by atoms with Crippen molar-refractivity contribution in [2.24, 2.45) is 4.99 Å². The van der Waals surface area contributed by atoms with E-state index in [1.165, 1.54) is 5.75 Å². The highest BCUT2D eigenvalue weighted by atomic mass is 32.2. The number of guanidine groups is 1. The van der Waals surface area contributed by atoms with Gasteiger partial charge in [0, 0.05) is 43.2 Å². The average molecular weight is 301 g/mol. The zero-order chi connectivity index (χ0) is 15.2. The first-order chi connectivity index (χ1) is 9.43. The van der Waals surface area contributed by atoms with Gasteiger partial charge in [0.15, 0.2) is 5.96 Å². The summed E-state index contributed by atoms with van der Waals surface area (Å²) in [6.45, 7) is 16.7. The first-order valence-electron chi connectivity index (χ1n) is 7.77. The monoisotopic (exact) mass is 300 g/mol. The van der Waals surface area contributed by atoms with Gasteiger partial charge in [0.05, 0.1) is 0 Å². The number of nitrogens with one attached hydrogen (secondary N) is 1. The second-order valence-corrected chi connectivity index (χ2v) is 7.83. The zero-order valence-corrected chi connectivity index (χ0v) is 14.9. The van der Waals surface area contributed by atoms with E-state index in [-0.39, 0.29) is 0 Å². The van der Waals surface area contributed by atoms with Crippen molar-refractivity contribution in [3.05, 3.63) is 0 Å². The minimum atomic E-state index is 0.320. The molecule has 1 atom stereocenters. The lowest BCUT2D eigenvalue weighted by Crippen LogP contribution is -2.53. The predicted molar refractivity (Wildman–Crippen MR) is 91.9 cm³/mol. The van der Waals surface area contributed by atoms with Crippen LogP contribution in [0.2, 0.25) is 0 Å². The Bertz CT molecular complexity index is 313. The molecule has 0 bridgehead atoms. The summed E-state index contributed by atoms with van der Waals surface area (Å²) in [5.74, 6) is 2.23. The second-order valence-electron chi connectivity index (χ2n) is 6.03. The Morgan fingerprint density at radius 2 is 2.05 bits per heavy atom. The van der Waals surface area contributed by atoms with Gasteiger partial charge in [-0.25, -0.2) is 0 Å². The first kappa shape index (κ1) is 17.6. The molecule has 1 heterocycles. The maximum atomic E-state index is 4.46. The quantitative estimate of drug-likeness (QED) is 0.622. The highest BCUT2D eigenvalue weighted by molar-refractivity contribution is 8.00. The van der Waals surface area contributed by atoms with Gasteiger partial charge in [-0.15, -0.1) is 0 Å². The number of rotatable bonds is 5. The molecule has 0 radical (unpaired) electrons. The van der Waals surface area contributed by atoms with E-state index in [1.807, 2.05) is 7.05 Å². The van der Waals surface area contributed by atoms with Gasteiger partial charge >= 0.3 is 0 Å². The molecule has 1 fully saturated rings. The lowest BCUT2D eigenvalue weighted by Gasteiger charge is -2.39. The molecule has 0 aromatic rings. The molecule has 0 spiro atoms. The Kier molecular flexibility index (Phi) is 7.17. The van der Waals surface area contributed by atoms with Crippen molar-refractivity contribution in [1.29, 1.82) is 0 Å². The molecule has 5 heteroatoms. The molecule has 0 aliphatic carbocycles. The number of aliphatic imine (C=N–C) groups is 1. The summed E-state index contributed by atoms with van der Waals surface area (Å²) in [5, 5.41) is 3.55. The van der Waals surface area contributed by atoms with Gasteiger partial charge in [-0.3, -0.25) is 9.89 Å². The van der Waals surface area contributed by atoms with Gasteiger partial charge in [0.25, 0.3) is 0 Å². The molecule has 1 saturated heterocycles. The van der Waals surface area contributed by atoms with Crippen molar-refractivity contribution < 1.29 is 0 Å². The molecule has 118 valence electrons. The maximum Gasteiger partial charge on any atom is 0.193 e. The van der Waals surface area contributed by atoms with Gasteiger partial charge in [-0.05, 0) is 33.9 Å². The Morgan fingerprint density at radius 1 is 1.40 bits per heavy atom. The maximum absolute atomic E-state index is 4.46. The molecule has 0 saturated carbocycles. The van der Waals surface area contributed by atoms with Crippen LogP contribution >= 0.6 is 11.8 Å². The zero-order valence-electron chi connectivity index (χ0n) is 14.1. The van der Waals surface area contributed by atoms with E-state index in [0.29, 0.717) is 10.8 Å². The van der Waals surface area contributed by atoms with E-state index in [9.17, 15) is 0 Å². The van der Waals surface area contributed by atoms with Crippen LogP contribution in [0.4, 0.5) is 0 Å². The van der Waals surface area contributed by atoms with Gasteiger partial charge in [0.2, 0.25) is 0 Å². The van der Waals surface area contributed by atoms with Crippen molar-refractivity contribution >= 4 is 17.7 Å². The van der Waals surface area contributed by atoms with Crippen LogP contribution in [-0.2, 0) is 0 Å². The Labute approximate surface area is 129 Å². The van der Waals surface area contributed by atoms with Crippen molar-refractivity contribution in [2.45, 2.75) is 45.4 Å². The van der Waals surface area contributed by atoms with Crippen LogP contribution in [0.3, 0.4) is 0 Å². The van der Waals surface area contributed by atoms with Gasteiger partial charge in [-0.1, -0.05) is 13.8 Å². The second kappa shape index (κ2) is 8.13. The highest BCUT2D eigenvalue weighted by Gasteiger charge is 2.28. The Hall–Kier alpha value is -0.420. The molecule has 0 aromatic heterocycles. The third-order valence-corrected chi connectivity index (χ3v) is 5.23. The van der Waals surface area contributed by atoms with E-state index in [0.717, 1.165) is 38.7 Å². The fourth-order valence-electron chi connectivity index (χ4n) is 2.74. The number of nitrogens with zero attached hydrogens (tertiary/aromatic N) is 3. The van der Waals surface area contributed by atoms with E-state index in [1.54, 1.807) is 0 Å². The largest absolute Gasteiger partial charge is 0.355 e. The molecular weight excluding hydrogens is 268 g/mol. The van der Waals surface area contributed by atoms with Crippen LogP contribution in [0.1, 0.15) is 34.6 Å². The Morgan fingerprint density at radius 3 is 2.55 bits per heavy atom. The number of hydrogen-bond donors (Lipinski definition) is 1. The van der Waals surface area contributed by atoms with Crippen molar-refractivity contribution in [3.63, 3.8) is 0 Å². The fourth-order valence-corrected chi connectivity index (χ4v) is 3.86. The van der Waals surface area contributed by atoms with Crippen molar-refractivity contribution in [1.82, 2.24) is 15.1 Å². The summed E-state index contributed by atoms with van der Waals surface area (Å²) < 4.78 is 0.320. The average Bonchev–Trinajstić information content (AvgIpc) is 2.39. The minimum absolute atomic E-state index is 0.320. The first-order valence-corrected chi connectivity index (χ1v) is 8.75. The smallest absolute Gasteiger partial charge is 0.193 e. The van der Waals surface area contributed by atoms with E-state index in [4.69, 9.17) is 0 Å². The van der Waals surface area contributed by atoms with Crippen molar-refractivity contribution in [3.8, 4) is 0 Å². The molecular formula is C15H32N4S. The van der Waals surface area contributed by atoms with Crippen LogP contribution in [0.5, 0.6) is 0 Å². The molecule has 1 rings (SSSR count). The predicted octanol–water partition coefficient (Wildman–Crippen LogP) is 2.12. The van der Waals surface area contributed by atoms with Gasteiger partial charge in [-0.2, -0.15) is 11.8 Å². The molecule has 0 aromatic carbocycles. The molecule has 1 unspecified atom stereocenters. The number of hydrogen-bond acceptors (Lipinski definition) is 3. The third kappa shape index (κ3) is 5.17. The standard InChI is InChI=1S/C15H32N4S/c1-7-18(8-2)13(3)11-17-14(16-6)19-9-10-20-15(4,5)12-19/h13H,7-12H2,1-6H3,(H,16,17). The normalized spacial score (nSPS) is 21.1. The number of likely N-dealkylation sites (N-methyl/N-ethyl adjacent to an activating group) is 1. The summed E-state index contributed by atoms with van der Waals surface area (Å²) in [5.41, 5.74) is 0. The topological polar surface area (TPSA) is 30.9 Å². The van der Waals surface area contributed by atoms with Gasteiger partial charge in [0.1, 0.15) is 0 Å². The SMILES string of the molecule is CCN(CC)C(C)CNC(=NC)N1CCSC(C)(C)C1. The molecule has 4 nitrogen and oxygen atoms in total. The van der Waals surface area contributed by atoms with Crippen molar-refractivity contribution in [2.75, 3.05) is 45.5 Å². The van der Waals surface area contributed by atoms with Crippen LogP contribution in [0.15, 0.2) is 4.99 Å². The Balaban J connectivity index is 2.51. The minimum Gasteiger partial charge on any atom is -0.355 e. The van der Waals surface area contributed by atoms with E-state index < -0.39 is 0 Å². The molecule has 20 heavy (non-hydrogen) atoms. The summed E-state index contributed by atoms with van der Waals surface area (Å²) in [6, 6.07) is 0.536. The molecule has 1 aliphatic heterocycles. The van der Waals surface area contributed by atoms with Crippen LogP contribution in [0, 0.1) is 0 Å². The molecule has 1 N–H and O–H groups in total. The molecule has 1 aliphatic rings. The summed E-state index contributed by atoms with van der Waals surface area (Å²) in [4.78, 5) is 9.33. The van der Waals surface area contributed by atoms with Gasteiger partial charge < -0.3 is 10.2 Å². The summed E-state index contributed by atoms with van der Waals surface area (Å²) >= 11 is 2.06. The van der Waals surface area contributed by atoms with E-state index in [2.05, 4.69) is 66.5 Å². The molecule has 0 amide bonds. The summed E-state index contributed by atoms with van der Waals surface area (Å²) in [6.07, 6.45) is 0. The lowest BCUT2D eigenvalue weighted by atomic mass is 10.2. The highest BCUT2D eigenvalue weighted by Crippen LogP contribution is 2.29. The lowest BCUT2D eigenvalue weighted by molar-refractivity contribution is 0.229. The fraction of sp³-hybridized carbons (Fsp3) is 0.933. The van der Waals surface area contributed by atoms with Crippen LogP contribution in [-0.4, -0.2) is 72.1 Å².